The zero-order valence-electron chi connectivity index (χ0n) is 15.2. The van der Waals surface area contributed by atoms with Crippen molar-refractivity contribution < 1.29 is 14.3 Å². The fourth-order valence-corrected chi connectivity index (χ4v) is 3.51. The number of methoxy groups -OCH3 is 2. The molecule has 0 aliphatic carbocycles. The van der Waals surface area contributed by atoms with E-state index in [1.807, 2.05) is 17.0 Å². The highest BCUT2D eigenvalue weighted by Gasteiger charge is 2.27. The number of ether oxygens (including phenoxy) is 2. The molecule has 1 amide bonds. The van der Waals surface area contributed by atoms with Gasteiger partial charge in [0.1, 0.15) is 6.07 Å². The molecule has 140 valence electrons. The molecule has 0 N–H and O–H groups in total. The van der Waals surface area contributed by atoms with E-state index < -0.39 is 0 Å². The summed E-state index contributed by atoms with van der Waals surface area (Å²) in [4.78, 5) is 16.4. The third kappa shape index (κ3) is 4.00. The first-order valence-electron chi connectivity index (χ1n) is 8.49. The van der Waals surface area contributed by atoms with E-state index in [2.05, 4.69) is 6.07 Å². The largest absolute Gasteiger partial charge is 0.493 e. The third-order valence-electron chi connectivity index (χ3n) is 4.53. The number of nitrogens with zero attached hydrogens (tertiary/aromatic N) is 3. The quantitative estimate of drug-likeness (QED) is 0.791. The number of piperazine rings is 1. The molecule has 1 fully saturated rings. The Labute approximate surface area is 163 Å². The van der Waals surface area contributed by atoms with Gasteiger partial charge in [0, 0.05) is 36.3 Å². The molecule has 27 heavy (non-hydrogen) atoms. The summed E-state index contributed by atoms with van der Waals surface area (Å²) in [5.74, 6) is 1.14. The van der Waals surface area contributed by atoms with Gasteiger partial charge in [-0.2, -0.15) is 5.26 Å². The normalized spacial score (nSPS) is 14.7. The molecule has 0 saturated carbocycles. The summed E-state index contributed by atoms with van der Waals surface area (Å²) in [5, 5.41) is 9.83. The van der Waals surface area contributed by atoms with E-state index in [-0.39, 0.29) is 12.5 Å². The maximum atomic E-state index is 12.7. The molecule has 0 spiro atoms. The molecule has 0 atom stereocenters. The van der Waals surface area contributed by atoms with E-state index in [0.717, 1.165) is 5.56 Å². The number of hydrogen-bond donors (Lipinski definition) is 0. The lowest BCUT2D eigenvalue weighted by atomic mass is 10.1. The fraction of sp³-hybridized carbons (Fsp3) is 0.300. The second kappa shape index (κ2) is 8.30. The standard InChI is InChI=1S/C20H20ClN3O3/c1-26-18-10-16(21)9-15(20(18)27-2)12-23-7-8-24(19(25)13-23)17-6-4-3-5-14(17)11-22/h3-6,9-10H,7-8,12-13H2,1-2H3. The van der Waals surface area contributed by atoms with Crippen LogP contribution in [0.3, 0.4) is 0 Å². The average Bonchev–Trinajstić information content (AvgIpc) is 2.67. The number of para-hydroxylation sites is 1. The lowest BCUT2D eigenvalue weighted by Crippen LogP contribution is -2.50. The summed E-state index contributed by atoms with van der Waals surface area (Å²) < 4.78 is 10.8. The van der Waals surface area contributed by atoms with E-state index >= 15 is 0 Å². The molecule has 7 heteroatoms. The van der Waals surface area contributed by atoms with Crippen LogP contribution in [-0.2, 0) is 11.3 Å². The second-order valence-electron chi connectivity index (χ2n) is 6.19. The zero-order chi connectivity index (χ0) is 19.4. The minimum atomic E-state index is -0.0445. The summed E-state index contributed by atoms with van der Waals surface area (Å²) in [6.07, 6.45) is 0. The summed E-state index contributed by atoms with van der Waals surface area (Å²) in [7, 11) is 3.14. The smallest absolute Gasteiger partial charge is 0.241 e. The van der Waals surface area contributed by atoms with Crippen molar-refractivity contribution in [2.24, 2.45) is 0 Å². The van der Waals surface area contributed by atoms with Crippen molar-refractivity contribution in [2.75, 3.05) is 38.8 Å². The van der Waals surface area contributed by atoms with E-state index in [1.54, 1.807) is 43.4 Å². The highest BCUT2D eigenvalue weighted by molar-refractivity contribution is 6.30. The van der Waals surface area contributed by atoms with Crippen LogP contribution in [0.25, 0.3) is 0 Å². The predicted octanol–water partition coefficient (Wildman–Crippen LogP) is 3.08. The van der Waals surface area contributed by atoms with Gasteiger partial charge in [0.25, 0.3) is 0 Å². The van der Waals surface area contributed by atoms with Crippen molar-refractivity contribution in [3.05, 3.63) is 52.5 Å². The van der Waals surface area contributed by atoms with Gasteiger partial charge in [-0.05, 0) is 18.2 Å². The SMILES string of the molecule is COc1cc(Cl)cc(CN2CCN(c3ccccc3C#N)C(=O)C2)c1OC. The van der Waals surface area contributed by atoms with Crippen LogP contribution >= 0.6 is 11.6 Å². The number of halogens is 1. The first-order chi connectivity index (χ1) is 13.1. The van der Waals surface area contributed by atoms with Crippen molar-refractivity contribution in [1.29, 1.82) is 5.26 Å². The Balaban J connectivity index is 1.77. The lowest BCUT2D eigenvalue weighted by Gasteiger charge is -2.35. The van der Waals surface area contributed by atoms with Gasteiger partial charge in [-0.1, -0.05) is 23.7 Å². The Morgan fingerprint density at radius 2 is 1.96 bits per heavy atom. The van der Waals surface area contributed by atoms with E-state index in [0.29, 0.717) is 47.4 Å². The first kappa shape index (κ1) is 19.0. The molecular formula is C20H20ClN3O3. The Morgan fingerprint density at radius 1 is 1.19 bits per heavy atom. The molecule has 6 nitrogen and oxygen atoms in total. The van der Waals surface area contributed by atoms with Crippen LogP contribution in [0.15, 0.2) is 36.4 Å². The molecule has 0 bridgehead atoms. The van der Waals surface area contributed by atoms with Crippen LogP contribution in [-0.4, -0.2) is 44.7 Å². The summed E-state index contributed by atoms with van der Waals surface area (Å²) in [5.41, 5.74) is 2.02. The Hall–Kier alpha value is -2.75. The minimum Gasteiger partial charge on any atom is -0.493 e. The zero-order valence-corrected chi connectivity index (χ0v) is 16.0. The maximum Gasteiger partial charge on any atom is 0.241 e. The lowest BCUT2D eigenvalue weighted by molar-refractivity contribution is -0.121. The van der Waals surface area contributed by atoms with Gasteiger partial charge in [-0.3, -0.25) is 9.69 Å². The summed E-state index contributed by atoms with van der Waals surface area (Å²) >= 11 is 6.18. The fourth-order valence-electron chi connectivity index (χ4n) is 3.28. The first-order valence-corrected chi connectivity index (χ1v) is 8.87. The number of hydrogen-bond acceptors (Lipinski definition) is 5. The predicted molar refractivity (Wildman–Crippen MR) is 103 cm³/mol. The molecule has 0 radical (unpaired) electrons. The number of rotatable bonds is 5. The van der Waals surface area contributed by atoms with Crippen LogP contribution in [0, 0.1) is 11.3 Å². The Bertz CT molecular complexity index is 895. The number of anilines is 1. The van der Waals surface area contributed by atoms with E-state index in [1.165, 1.54) is 0 Å². The van der Waals surface area contributed by atoms with Crippen molar-refractivity contribution in [3.63, 3.8) is 0 Å². The van der Waals surface area contributed by atoms with Gasteiger partial charge >= 0.3 is 0 Å². The number of amides is 1. The molecule has 3 rings (SSSR count). The highest BCUT2D eigenvalue weighted by atomic mass is 35.5. The van der Waals surface area contributed by atoms with Crippen LogP contribution in [0.5, 0.6) is 11.5 Å². The maximum absolute atomic E-state index is 12.7. The van der Waals surface area contributed by atoms with Gasteiger partial charge in [0.2, 0.25) is 5.91 Å². The molecule has 2 aromatic rings. The van der Waals surface area contributed by atoms with Gasteiger partial charge in [0.15, 0.2) is 11.5 Å². The topological polar surface area (TPSA) is 65.8 Å². The highest BCUT2D eigenvalue weighted by Crippen LogP contribution is 2.35. The molecule has 0 aromatic heterocycles. The molecular weight excluding hydrogens is 366 g/mol. The summed E-state index contributed by atoms with van der Waals surface area (Å²) in [6, 6.07) is 12.8. The van der Waals surface area contributed by atoms with Gasteiger partial charge in [-0.25, -0.2) is 0 Å². The molecule has 1 saturated heterocycles. The van der Waals surface area contributed by atoms with Crippen LogP contribution in [0.1, 0.15) is 11.1 Å². The Morgan fingerprint density at radius 3 is 2.63 bits per heavy atom. The van der Waals surface area contributed by atoms with Gasteiger partial charge < -0.3 is 14.4 Å². The summed E-state index contributed by atoms with van der Waals surface area (Å²) in [6.45, 7) is 1.94. The molecule has 0 unspecified atom stereocenters. The average molecular weight is 386 g/mol. The third-order valence-corrected chi connectivity index (χ3v) is 4.75. The van der Waals surface area contributed by atoms with Crippen molar-refractivity contribution in [1.82, 2.24) is 4.90 Å². The molecule has 1 aliphatic rings. The minimum absolute atomic E-state index is 0.0445. The number of carbonyl (C=O) groups excluding carboxylic acids is 1. The monoisotopic (exact) mass is 385 g/mol. The molecule has 1 aliphatic heterocycles. The van der Waals surface area contributed by atoms with Crippen LogP contribution < -0.4 is 14.4 Å². The van der Waals surface area contributed by atoms with Gasteiger partial charge in [-0.15, -0.1) is 0 Å². The van der Waals surface area contributed by atoms with Gasteiger partial charge in [0.05, 0.1) is 32.0 Å². The van der Waals surface area contributed by atoms with Crippen LogP contribution in [0.2, 0.25) is 5.02 Å². The van der Waals surface area contributed by atoms with Crippen LogP contribution in [0.4, 0.5) is 5.69 Å². The number of carbonyl (C=O) groups is 1. The second-order valence-corrected chi connectivity index (χ2v) is 6.62. The molecule has 2 aromatic carbocycles. The Kier molecular flexibility index (Phi) is 5.84. The number of benzene rings is 2. The van der Waals surface area contributed by atoms with Crippen molar-refractivity contribution in [3.8, 4) is 17.6 Å². The molecule has 1 heterocycles. The van der Waals surface area contributed by atoms with Crippen molar-refractivity contribution >= 4 is 23.2 Å². The van der Waals surface area contributed by atoms with E-state index in [4.69, 9.17) is 21.1 Å². The number of nitriles is 1. The van der Waals surface area contributed by atoms with Crippen molar-refractivity contribution in [2.45, 2.75) is 6.54 Å². The van der Waals surface area contributed by atoms with E-state index in [9.17, 15) is 10.1 Å².